The fourth-order valence-corrected chi connectivity index (χ4v) is 1.45. The number of likely N-dealkylation sites (N-methyl/N-ethyl adjacent to an activating group) is 1. The van der Waals surface area contributed by atoms with Crippen molar-refractivity contribution >= 4 is 17.4 Å². The molecule has 0 aliphatic carbocycles. The number of carbonyl (C=O) groups excluding carboxylic acids is 1. The van der Waals surface area contributed by atoms with E-state index in [-0.39, 0.29) is 17.8 Å². The highest BCUT2D eigenvalue weighted by Gasteiger charge is 2.26. The summed E-state index contributed by atoms with van der Waals surface area (Å²) in [5.74, 6) is -0.533. The maximum Gasteiger partial charge on any atom is 0.156 e. The van der Waals surface area contributed by atoms with Gasteiger partial charge in [-0.2, -0.15) is 0 Å². The lowest BCUT2D eigenvalue weighted by molar-refractivity contribution is -0.123. The molecule has 0 bridgehead atoms. The Labute approximate surface area is 99.8 Å². The number of Topliss-reactive ketones (excluding diaryl/α,β-unsaturated/α-hetero) is 1. The van der Waals surface area contributed by atoms with Gasteiger partial charge in [-0.05, 0) is 33.0 Å². The molecule has 1 N–H and O–H groups in total. The van der Waals surface area contributed by atoms with E-state index in [2.05, 4.69) is 5.32 Å². The number of ketones is 1. The Morgan fingerprint density at radius 1 is 1.50 bits per heavy atom. The van der Waals surface area contributed by atoms with Gasteiger partial charge in [0.25, 0.3) is 0 Å². The van der Waals surface area contributed by atoms with Crippen LogP contribution in [-0.4, -0.2) is 18.4 Å². The number of benzene rings is 1. The lowest BCUT2D eigenvalue weighted by atomic mass is 9.93. The van der Waals surface area contributed by atoms with E-state index >= 15 is 0 Å². The van der Waals surface area contributed by atoms with Crippen LogP contribution in [0.15, 0.2) is 18.2 Å². The molecule has 0 unspecified atom stereocenters. The summed E-state index contributed by atoms with van der Waals surface area (Å²) in [6.07, 6.45) is -0.000648. The highest BCUT2D eigenvalue weighted by atomic mass is 35.5. The molecule has 1 rings (SSSR count). The normalized spacial score (nSPS) is 11.6. The molecule has 0 saturated carbocycles. The number of nitrogens with one attached hydrogen (secondary N) is 1. The monoisotopic (exact) mass is 243 g/mol. The molecule has 0 aliphatic heterocycles. The van der Waals surface area contributed by atoms with Gasteiger partial charge in [-0.15, -0.1) is 0 Å². The first-order valence-corrected chi connectivity index (χ1v) is 5.41. The van der Waals surface area contributed by atoms with Gasteiger partial charge in [0.05, 0.1) is 5.54 Å². The van der Waals surface area contributed by atoms with Crippen molar-refractivity contribution in [1.82, 2.24) is 5.32 Å². The summed E-state index contributed by atoms with van der Waals surface area (Å²) < 4.78 is 13.4. The first-order chi connectivity index (χ1) is 7.38. The van der Waals surface area contributed by atoms with Crippen LogP contribution in [0.3, 0.4) is 0 Å². The van der Waals surface area contributed by atoms with E-state index in [4.69, 9.17) is 11.6 Å². The number of halogens is 2. The third kappa shape index (κ3) is 2.80. The van der Waals surface area contributed by atoms with E-state index in [1.807, 2.05) is 0 Å². The van der Waals surface area contributed by atoms with Crippen LogP contribution < -0.4 is 5.32 Å². The number of rotatable bonds is 4. The molecule has 0 aromatic heterocycles. The van der Waals surface area contributed by atoms with Gasteiger partial charge >= 0.3 is 0 Å². The summed E-state index contributed by atoms with van der Waals surface area (Å²) >= 11 is 5.85. The molecular weight excluding hydrogens is 229 g/mol. The van der Waals surface area contributed by atoms with Crippen LogP contribution >= 0.6 is 11.6 Å². The SMILES string of the molecule is CNC(C)(C)C(=O)Cc1c(F)cccc1Cl. The average molecular weight is 244 g/mol. The quantitative estimate of drug-likeness (QED) is 0.881. The van der Waals surface area contributed by atoms with Crippen LogP contribution in [-0.2, 0) is 11.2 Å². The Kier molecular flexibility index (Phi) is 4.05. The van der Waals surface area contributed by atoms with E-state index in [1.54, 1.807) is 27.0 Å². The fraction of sp³-hybridized carbons (Fsp3) is 0.417. The van der Waals surface area contributed by atoms with Crippen LogP contribution in [0.5, 0.6) is 0 Å². The van der Waals surface area contributed by atoms with Crippen LogP contribution in [0.25, 0.3) is 0 Å². The van der Waals surface area contributed by atoms with Gasteiger partial charge in [0.15, 0.2) is 5.78 Å². The number of carbonyl (C=O) groups is 1. The van der Waals surface area contributed by atoms with Crippen molar-refractivity contribution < 1.29 is 9.18 Å². The molecule has 0 spiro atoms. The zero-order valence-corrected chi connectivity index (χ0v) is 10.4. The van der Waals surface area contributed by atoms with Gasteiger partial charge in [0, 0.05) is 17.0 Å². The minimum absolute atomic E-state index is 0.000648. The summed E-state index contributed by atoms with van der Waals surface area (Å²) in [5.41, 5.74) is -0.413. The lowest BCUT2D eigenvalue weighted by Crippen LogP contribution is -2.45. The first kappa shape index (κ1) is 13.1. The topological polar surface area (TPSA) is 29.1 Å². The average Bonchev–Trinajstić information content (AvgIpc) is 2.23. The molecule has 0 heterocycles. The van der Waals surface area contributed by atoms with Crippen molar-refractivity contribution in [3.63, 3.8) is 0 Å². The first-order valence-electron chi connectivity index (χ1n) is 5.03. The molecular formula is C12H15ClFNO. The molecule has 88 valence electrons. The molecule has 0 fully saturated rings. The Bertz CT molecular complexity index is 384. The third-order valence-electron chi connectivity index (χ3n) is 2.72. The second kappa shape index (κ2) is 4.93. The van der Waals surface area contributed by atoms with Crippen LogP contribution in [0.2, 0.25) is 5.02 Å². The Morgan fingerprint density at radius 3 is 2.62 bits per heavy atom. The van der Waals surface area contributed by atoms with E-state index in [0.29, 0.717) is 5.02 Å². The van der Waals surface area contributed by atoms with Crippen LogP contribution in [0.4, 0.5) is 4.39 Å². The van der Waals surface area contributed by atoms with Crippen molar-refractivity contribution in [2.45, 2.75) is 25.8 Å². The molecule has 16 heavy (non-hydrogen) atoms. The van der Waals surface area contributed by atoms with Crippen molar-refractivity contribution in [2.75, 3.05) is 7.05 Å². The summed E-state index contributed by atoms with van der Waals surface area (Å²) in [6.45, 7) is 3.51. The maximum absolute atomic E-state index is 13.4. The number of hydrogen-bond acceptors (Lipinski definition) is 2. The molecule has 0 aliphatic rings. The molecule has 0 radical (unpaired) electrons. The molecule has 0 atom stereocenters. The zero-order valence-electron chi connectivity index (χ0n) is 9.60. The third-order valence-corrected chi connectivity index (χ3v) is 3.08. The van der Waals surface area contributed by atoms with Gasteiger partial charge in [0.1, 0.15) is 5.82 Å². The summed E-state index contributed by atoms with van der Waals surface area (Å²) in [4.78, 5) is 11.9. The van der Waals surface area contributed by atoms with Gasteiger partial charge in [-0.1, -0.05) is 17.7 Å². The summed E-state index contributed by atoms with van der Waals surface area (Å²) in [6, 6.07) is 4.41. The molecule has 0 saturated heterocycles. The van der Waals surface area contributed by atoms with E-state index in [9.17, 15) is 9.18 Å². The molecule has 1 aromatic carbocycles. The van der Waals surface area contributed by atoms with Crippen molar-refractivity contribution in [2.24, 2.45) is 0 Å². The van der Waals surface area contributed by atoms with Crippen molar-refractivity contribution in [1.29, 1.82) is 0 Å². The fourth-order valence-electron chi connectivity index (χ4n) is 1.22. The van der Waals surface area contributed by atoms with E-state index < -0.39 is 11.4 Å². The minimum Gasteiger partial charge on any atom is -0.308 e. The predicted octanol–water partition coefficient (Wildman–Crippen LogP) is 2.59. The van der Waals surface area contributed by atoms with Crippen LogP contribution in [0, 0.1) is 5.82 Å². The van der Waals surface area contributed by atoms with Gasteiger partial charge in [-0.3, -0.25) is 4.79 Å². The second-order valence-electron chi connectivity index (χ2n) is 4.18. The molecule has 4 heteroatoms. The predicted molar refractivity (Wildman–Crippen MR) is 63.3 cm³/mol. The van der Waals surface area contributed by atoms with Gasteiger partial charge in [-0.25, -0.2) is 4.39 Å². The van der Waals surface area contributed by atoms with Crippen molar-refractivity contribution in [3.8, 4) is 0 Å². The molecule has 1 aromatic rings. The zero-order chi connectivity index (χ0) is 12.3. The molecule has 2 nitrogen and oxygen atoms in total. The Balaban J connectivity index is 2.94. The smallest absolute Gasteiger partial charge is 0.156 e. The van der Waals surface area contributed by atoms with Crippen molar-refractivity contribution in [3.05, 3.63) is 34.6 Å². The summed E-state index contributed by atoms with van der Waals surface area (Å²) in [7, 11) is 1.70. The van der Waals surface area contributed by atoms with E-state index in [0.717, 1.165) is 0 Å². The highest BCUT2D eigenvalue weighted by molar-refractivity contribution is 6.31. The summed E-state index contributed by atoms with van der Waals surface area (Å²) in [5, 5.41) is 3.18. The minimum atomic E-state index is -0.675. The Hall–Kier alpha value is -0.930. The van der Waals surface area contributed by atoms with Gasteiger partial charge < -0.3 is 5.32 Å². The van der Waals surface area contributed by atoms with Crippen LogP contribution in [0.1, 0.15) is 19.4 Å². The highest BCUT2D eigenvalue weighted by Crippen LogP contribution is 2.21. The lowest BCUT2D eigenvalue weighted by Gasteiger charge is -2.22. The number of hydrogen-bond donors (Lipinski definition) is 1. The maximum atomic E-state index is 13.4. The molecule has 0 amide bonds. The standard InChI is InChI=1S/C12H15ClFNO/c1-12(2,15-3)11(16)7-8-9(13)5-4-6-10(8)14/h4-6,15H,7H2,1-3H3. The van der Waals surface area contributed by atoms with Gasteiger partial charge in [0.2, 0.25) is 0 Å². The largest absolute Gasteiger partial charge is 0.308 e. The second-order valence-corrected chi connectivity index (χ2v) is 4.58. The Morgan fingerprint density at radius 2 is 2.12 bits per heavy atom. The van der Waals surface area contributed by atoms with E-state index in [1.165, 1.54) is 12.1 Å².